The van der Waals surface area contributed by atoms with Crippen molar-refractivity contribution in [3.8, 4) is 5.75 Å². The van der Waals surface area contributed by atoms with Crippen molar-refractivity contribution in [3.63, 3.8) is 0 Å². The highest BCUT2D eigenvalue weighted by molar-refractivity contribution is 6.44. The van der Waals surface area contributed by atoms with Gasteiger partial charge in [-0.3, -0.25) is 9.59 Å². The quantitative estimate of drug-likeness (QED) is 0.815. The second-order valence-electron chi connectivity index (χ2n) is 3.61. The van der Waals surface area contributed by atoms with Crippen LogP contribution in [-0.4, -0.2) is 24.0 Å². The molecule has 1 rings (SSSR count). The maximum Gasteiger partial charge on any atom is 0.303 e. The van der Waals surface area contributed by atoms with E-state index in [1.165, 1.54) is 13.2 Å². The lowest BCUT2D eigenvalue weighted by molar-refractivity contribution is -0.137. The lowest BCUT2D eigenvalue weighted by Crippen LogP contribution is -2.05. The van der Waals surface area contributed by atoms with Gasteiger partial charge in [0.1, 0.15) is 5.75 Å². The normalized spacial score (nSPS) is 10.2. The van der Waals surface area contributed by atoms with E-state index in [-0.39, 0.29) is 40.7 Å². The average molecular weight is 291 g/mol. The van der Waals surface area contributed by atoms with Gasteiger partial charge >= 0.3 is 5.97 Å². The minimum absolute atomic E-state index is 0.0633. The van der Waals surface area contributed by atoms with Gasteiger partial charge in [0.25, 0.3) is 0 Å². The molecule has 6 heteroatoms. The Morgan fingerprint density at radius 1 is 1.28 bits per heavy atom. The van der Waals surface area contributed by atoms with Crippen LogP contribution in [0, 0.1) is 0 Å². The number of Topliss-reactive ketones (excluding diaryl/α,β-unsaturated/α-hetero) is 1. The SMILES string of the molecule is COc1ccc(Cl)c(Cl)c1C(=O)CCCC(=O)O. The molecular formula is C12H12Cl2O4. The van der Waals surface area contributed by atoms with Gasteiger partial charge in [0.2, 0.25) is 0 Å². The third-order valence-corrected chi connectivity index (χ3v) is 3.15. The van der Waals surface area contributed by atoms with Crippen LogP contribution >= 0.6 is 23.2 Å². The molecule has 0 amide bonds. The molecule has 0 unspecified atom stereocenters. The maximum absolute atomic E-state index is 12.0. The summed E-state index contributed by atoms with van der Waals surface area (Å²) in [4.78, 5) is 22.3. The Morgan fingerprint density at radius 2 is 1.94 bits per heavy atom. The smallest absolute Gasteiger partial charge is 0.303 e. The van der Waals surface area contributed by atoms with Gasteiger partial charge in [0.05, 0.1) is 22.7 Å². The number of ether oxygens (including phenoxy) is 1. The zero-order valence-corrected chi connectivity index (χ0v) is 11.2. The number of halogens is 2. The second kappa shape index (κ2) is 6.61. The van der Waals surface area contributed by atoms with Crippen LogP contribution in [0.5, 0.6) is 5.75 Å². The summed E-state index contributed by atoms with van der Waals surface area (Å²) in [6.07, 6.45) is 0.273. The topological polar surface area (TPSA) is 63.6 Å². The molecule has 0 saturated carbocycles. The molecule has 0 aliphatic heterocycles. The first-order valence-corrected chi connectivity index (χ1v) is 6.00. The van der Waals surface area contributed by atoms with Gasteiger partial charge in [-0.2, -0.15) is 0 Å². The van der Waals surface area contributed by atoms with Crippen LogP contribution in [0.1, 0.15) is 29.6 Å². The Labute approximate surface area is 114 Å². The predicted octanol–water partition coefficient (Wildman–Crippen LogP) is 3.44. The summed E-state index contributed by atoms with van der Waals surface area (Å²) in [6.45, 7) is 0. The largest absolute Gasteiger partial charge is 0.496 e. The van der Waals surface area contributed by atoms with Crippen LogP contribution in [0.25, 0.3) is 0 Å². The summed E-state index contributed by atoms with van der Waals surface area (Å²) in [6, 6.07) is 3.09. The van der Waals surface area contributed by atoms with Gasteiger partial charge in [-0.05, 0) is 18.6 Å². The van der Waals surface area contributed by atoms with E-state index in [1.54, 1.807) is 6.07 Å². The van der Waals surface area contributed by atoms with Gasteiger partial charge < -0.3 is 9.84 Å². The van der Waals surface area contributed by atoms with Crippen molar-refractivity contribution in [2.24, 2.45) is 0 Å². The molecule has 1 aromatic rings. The molecule has 0 heterocycles. The van der Waals surface area contributed by atoms with Crippen molar-refractivity contribution in [3.05, 3.63) is 27.7 Å². The lowest BCUT2D eigenvalue weighted by atomic mass is 10.0. The predicted molar refractivity (Wildman–Crippen MR) is 68.8 cm³/mol. The number of benzene rings is 1. The highest BCUT2D eigenvalue weighted by atomic mass is 35.5. The number of hydrogen-bond donors (Lipinski definition) is 1. The maximum atomic E-state index is 12.0. The monoisotopic (exact) mass is 290 g/mol. The second-order valence-corrected chi connectivity index (χ2v) is 4.39. The van der Waals surface area contributed by atoms with Crippen LogP contribution in [-0.2, 0) is 4.79 Å². The van der Waals surface area contributed by atoms with Gasteiger partial charge in [0.15, 0.2) is 5.78 Å². The van der Waals surface area contributed by atoms with E-state index in [0.29, 0.717) is 5.75 Å². The molecule has 1 aromatic carbocycles. The first-order chi connectivity index (χ1) is 8.47. The van der Waals surface area contributed by atoms with Crippen LogP contribution in [0.3, 0.4) is 0 Å². The molecular weight excluding hydrogens is 279 g/mol. The van der Waals surface area contributed by atoms with Crippen LogP contribution in [0.4, 0.5) is 0 Å². The standard InChI is InChI=1S/C12H12Cl2O4/c1-18-9-6-5-7(13)12(14)11(9)8(15)3-2-4-10(16)17/h5-6H,2-4H2,1H3,(H,16,17). The number of carboxylic acids is 1. The lowest BCUT2D eigenvalue weighted by Gasteiger charge is -2.10. The molecule has 0 atom stereocenters. The fourth-order valence-corrected chi connectivity index (χ4v) is 1.91. The molecule has 0 fully saturated rings. The fourth-order valence-electron chi connectivity index (χ4n) is 1.49. The molecule has 0 aromatic heterocycles. The molecule has 0 bridgehead atoms. The van der Waals surface area contributed by atoms with E-state index in [0.717, 1.165) is 0 Å². The molecule has 18 heavy (non-hydrogen) atoms. The van der Waals surface area contributed by atoms with E-state index in [2.05, 4.69) is 0 Å². The number of carbonyl (C=O) groups is 2. The van der Waals surface area contributed by atoms with Crippen molar-refractivity contribution in [2.45, 2.75) is 19.3 Å². The van der Waals surface area contributed by atoms with Crippen molar-refractivity contribution >= 4 is 35.0 Å². The van der Waals surface area contributed by atoms with E-state index in [9.17, 15) is 9.59 Å². The number of methoxy groups -OCH3 is 1. The van der Waals surface area contributed by atoms with Gasteiger partial charge in [-0.15, -0.1) is 0 Å². The summed E-state index contributed by atoms with van der Waals surface area (Å²) < 4.78 is 5.05. The van der Waals surface area contributed by atoms with E-state index in [1.807, 2.05) is 0 Å². The minimum Gasteiger partial charge on any atom is -0.496 e. The summed E-state index contributed by atoms with van der Waals surface area (Å²) >= 11 is 11.8. The molecule has 98 valence electrons. The molecule has 0 aliphatic carbocycles. The van der Waals surface area contributed by atoms with Crippen molar-refractivity contribution in [2.75, 3.05) is 7.11 Å². The summed E-state index contributed by atoms with van der Waals surface area (Å²) in [5.74, 6) is -0.878. The highest BCUT2D eigenvalue weighted by Gasteiger charge is 2.18. The molecule has 0 radical (unpaired) electrons. The summed E-state index contributed by atoms with van der Waals surface area (Å²) in [5.41, 5.74) is 0.206. The zero-order valence-electron chi connectivity index (χ0n) is 9.70. The molecule has 0 spiro atoms. The highest BCUT2D eigenvalue weighted by Crippen LogP contribution is 2.34. The Morgan fingerprint density at radius 3 is 2.50 bits per heavy atom. The Balaban J connectivity index is 2.90. The van der Waals surface area contributed by atoms with Gasteiger partial charge in [-0.1, -0.05) is 23.2 Å². The van der Waals surface area contributed by atoms with Crippen LogP contribution in [0.2, 0.25) is 10.0 Å². The first kappa shape index (κ1) is 14.8. The van der Waals surface area contributed by atoms with Crippen molar-refractivity contribution in [1.29, 1.82) is 0 Å². The van der Waals surface area contributed by atoms with E-state index >= 15 is 0 Å². The number of carbonyl (C=O) groups excluding carboxylic acids is 1. The zero-order chi connectivity index (χ0) is 13.7. The fraction of sp³-hybridized carbons (Fsp3) is 0.333. The Hall–Kier alpha value is -1.26. The molecule has 1 N–H and O–H groups in total. The number of ketones is 1. The van der Waals surface area contributed by atoms with Gasteiger partial charge in [-0.25, -0.2) is 0 Å². The van der Waals surface area contributed by atoms with Gasteiger partial charge in [0, 0.05) is 12.8 Å². The average Bonchev–Trinajstić information content (AvgIpc) is 2.31. The van der Waals surface area contributed by atoms with E-state index < -0.39 is 5.97 Å². The van der Waals surface area contributed by atoms with Crippen molar-refractivity contribution in [1.82, 2.24) is 0 Å². The number of rotatable bonds is 6. The third-order valence-electron chi connectivity index (χ3n) is 2.35. The van der Waals surface area contributed by atoms with Crippen LogP contribution < -0.4 is 4.74 Å². The molecule has 0 saturated heterocycles. The first-order valence-electron chi connectivity index (χ1n) is 5.24. The third kappa shape index (κ3) is 3.62. The number of aliphatic carboxylic acids is 1. The molecule has 4 nitrogen and oxygen atoms in total. The summed E-state index contributed by atoms with van der Waals surface area (Å²) in [7, 11) is 1.42. The minimum atomic E-state index is -0.938. The Bertz CT molecular complexity index is 471. The summed E-state index contributed by atoms with van der Waals surface area (Å²) in [5, 5.41) is 8.91. The van der Waals surface area contributed by atoms with Crippen LogP contribution in [0.15, 0.2) is 12.1 Å². The van der Waals surface area contributed by atoms with Crippen molar-refractivity contribution < 1.29 is 19.4 Å². The number of hydrogen-bond acceptors (Lipinski definition) is 3. The molecule has 0 aliphatic rings. The number of carboxylic acid groups (broad SMARTS) is 1. The Kier molecular flexibility index (Phi) is 5.44. The van der Waals surface area contributed by atoms with E-state index in [4.69, 9.17) is 33.0 Å².